The van der Waals surface area contributed by atoms with Crippen LogP contribution in [0.3, 0.4) is 0 Å². The van der Waals surface area contributed by atoms with E-state index in [0.717, 1.165) is 11.1 Å². The van der Waals surface area contributed by atoms with Crippen molar-refractivity contribution in [2.45, 2.75) is 31.3 Å². The van der Waals surface area contributed by atoms with Crippen molar-refractivity contribution in [3.05, 3.63) is 71.8 Å². The summed E-state index contributed by atoms with van der Waals surface area (Å²) < 4.78 is 18.1. The van der Waals surface area contributed by atoms with Crippen LogP contribution in [0.2, 0.25) is 0 Å². The minimum Gasteiger partial charge on any atom is -0.366 e. The van der Waals surface area contributed by atoms with E-state index in [4.69, 9.17) is 14.2 Å². The van der Waals surface area contributed by atoms with Crippen molar-refractivity contribution in [2.75, 3.05) is 13.7 Å². The van der Waals surface area contributed by atoms with Crippen LogP contribution in [0.5, 0.6) is 0 Å². The first-order valence-electron chi connectivity index (χ1n) is 7.56. The molecule has 3 heteroatoms. The van der Waals surface area contributed by atoms with Crippen LogP contribution in [0.1, 0.15) is 25.0 Å². The van der Waals surface area contributed by atoms with Crippen LogP contribution in [-0.2, 0) is 19.8 Å². The Morgan fingerprint density at radius 3 is 1.82 bits per heavy atom. The van der Waals surface area contributed by atoms with Crippen molar-refractivity contribution >= 4 is 0 Å². The molecule has 1 atom stereocenters. The standard InChI is InChI=1S/C19H22O3/c1-18(2)21-14-17(22-18)19(20-3,15-10-6-4-7-11-15)16-12-8-5-9-13-16/h4-13,17H,14H2,1-3H3/t17-/m1/s1. The number of hydrogen-bond acceptors (Lipinski definition) is 3. The van der Waals surface area contributed by atoms with Gasteiger partial charge in [0.15, 0.2) is 5.79 Å². The van der Waals surface area contributed by atoms with Crippen LogP contribution in [0.15, 0.2) is 60.7 Å². The lowest BCUT2D eigenvalue weighted by atomic mass is 9.81. The summed E-state index contributed by atoms with van der Waals surface area (Å²) in [6.45, 7) is 4.36. The molecule has 22 heavy (non-hydrogen) atoms. The van der Waals surface area contributed by atoms with Gasteiger partial charge < -0.3 is 14.2 Å². The molecule has 0 bridgehead atoms. The summed E-state index contributed by atoms with van der Waals surface area (Å²) in [6, 6.07) is 20.4. The Morgan fingerprint density at radius 2 is 1.45 bits per heavy atom. The van der Waals surface area contributed by atoms with Crippen molar-refractivity contribution < 1.29 is 14.2 Å². The van der Waals surface area contributed by atoms with Gasteiger partial charge in [0.2, 0.25) is 0 Å². The SMILES string of the molecule is COC(c1ccccc1)(c1ccccc1)[C@H]1COC(C)(C)O1. The van der Waals surface area contributed by atoms with E-state index in [2.05, 4.69) is 24.3 Å². The molecule has 1 fully saturated rings. The highest BCUT2D eigenvalue weighted by Gasteiger charge is 2.49. The Kier molecular flexibility index (Phi) is 4.04. The zero-order chi connectivity index (χ0) is 15.6. The van der Waals surface area contributed by atoms with Crippen LogP contribution < -0.4 is 0 Å². The normalized spacial score (nSPS) is 21.0. The molecule has 116 valence electrons. The Balaban J connectivity index is 2.14. The molecule has 1 heterocycles. The Labute approximate surface area is 131 Å². The molecule has 0 aliphatic carbocycles. The van der Waals surface area contributed by atoms with Gasteiger partial charge in [0.1, 0.15) is 11.7 Å². The quantitative estimate of drug-likeness (QED) is 0.861. The number of hydrogen-bond donors (Lipinski definition) is 0. The number of benzene rings is 2. The van der Waals surface area contributed by atoms with Crippen molar-refractivity contribution in [1.29, 1.82) is 0 Å². The van der Waals surface area contributed by atoms with Gasteiger partial charge in [-0.1, -0.05) is 60.7 Å². The fourth-order valence-electron chi connectivity index (χ4n) is 3.16. The second-order valence-electron chi connectivity index (χ2n) is 5.99. The Morgan fingerprint density at radius 1 is 0.955 bits per heavy atom. The lowest BCUT2D eigenvalue weighted by Gasteiger charge is -2.38. The van der Waals surface area contributed by atoms with Crippen LogP contribution in [0.25, 0.3) is 0 Å². The second-order valence-corrected chi connectivity index (χ2v) is 5.99. The average molecular weight is 298 g/mol. The highest BCUT2D eigenvalue weighted by molar-refractivity contribution is 5.38. The van der Waals surface area contributed by atoms with Gasteiger partial charge in [-0.3, -0.25) is 0 Å². The molecule has 0 saturated carbocycles. The maximum Gasteiger partial charge on any atom is 0.163 e. The predicted octanol–water partition coefficient (Wildman–Crippen LogP) is 3.73. The van der Waals surface area contributed by atoms with E-state index in [1.165, 1.54) is 0 Å². The predicted molar refractivity (Wildman–Crippen MR) is 85.6 cm³/mol. The summed E-state index contributed by atoms with van der Waals surface area (Å²) in [6.07, 6.45) is -0.211. The summed E-state index contributed by atoms with van der Waals surface area (Å²) in [5, 5.41) is 0. The fraction of sp³-hybridized carbons (Fsp3) is 0.368. The van der Waals surface area contributed by atoms with E-state index >= 15 is 0 Å². The maximum atomic E-state index is 6.17. The minimum absolute atomic E-state index is 0.211. The molecule has 1 aliphatic rings. The lowest BCUT2D eigenvalue weighted by molar-refractivity contribution is -0.170. The number of methoxy groups -OCH3 is 1. The molecular formula is C19H22O3. The molecule has 2 aromatic carbocycles. The van der Waals surface area contributed by atoms with Gasteiger partial charge in [-0.05, 0) is 25.0 Å². The van der Waals surface area contributed by atoms with Gasteiger partial charge in [0, 0.05) is 7.11 Å². The van der Waals surface area contributed by atoms with Crippen molar-refractivity contribution in [1.82, 2.24) is 0 Å². The molecule has 1 aliphatic heterocycles. The molecule has 0 N–H and O–H groups in total. The van der Waals surface area contributed by atoms with E-state index < -0.39 is 11.4 Å². The van der Waals surface area contributed by atoms with Crippen molar-refractivity contribution in [3.8, 4) is 0 Å². The molecule has 0 unspecified atom stereocenters. The summed E-state index contributed by atoms with van der Waals surface area (Å²) in [5.74, 6) is -0.599. The third-order valence-corrected chi connectivity index (χ3v) is 4.19. The third-order valence-electron chi connectivity index (χ3n) is 4.19. The Hall–Kier alpha value is -1.68. The van der Waals surface area contributed by atoms with Crippen LogP contribution in [-0.4, -0.2) is 25.6 Å². The first-order chi connectivity index (χ1) is 10.6. The van der Waals surface area contributed by atoms with E-state index in [1.54, 1.807) is 7.11 Å². The van der Waals surface area contributed by atoms with Crippen LogP contribution in [0.4, 0.5) is 0 Å². The zero-order valence-corrected chi connectivity index (χ0v) is 13.3. The molecule has 2 aromatic rings. The van der Waals surface area contributed by atoms with E-state index in [9.17, 15) is 0 Å². The smallest absolute Gasteiger partial charge is 0.163 e. The molecule has 1 saturated heterocycles. The molecular weight excluding hydrogens is 276 g/mol. The summed E-state index contributed by atoms with van der Waals surface area (Å²) in [5.41, 5.74) is 1.45. The highest BCUT2D eigenvalue weighted by Crippen LogP contribution is 2.42. The van der Waals surface area contributed by atoms with Crippen molar-refractivity contribution in [3.63, 3.8) is 0 Å². The number of ether oxygens (including phenoxy) is 3. The van der Waals surface area contributed by atoms with Gasteiger partial charge in [-0.2, -0.15) is 0 Å². The highest BCUT2D eigenvalue weighted by atomic mass is 16.8. The monoisotopic (exact) mass is 298 g/mol. The van der Waals surface area contributed by atoms with E-state index in [1.807, 2.05) is 50.2 Å². The number of rotatable bonds is 4. The molecule has 0 spiro atoms. The largest absolute Gasteiger partial charge is 0.366 e. The molecule has 3 rings (SSSR count). The first-order valence-corrected chi connectivity index (χ1v) is 7.56. The topological polar surface area (TPSA) is 27.7 Å². The van der Waals surface area contributed by atoms with Crippen molar-refractivity contribution in [2.24, 2.45) is 0 Å². The second kappa shape index (κ2) is 5.84. The van der Waals surface area contributed by atoms with E-state index in [-0.39, 0.29) is 6.10 Å². The molecule has 3 nitrogen and oxygen atoms in total. The summed E-state index contributed by atoms with van der Waals surface area (Å²) in [7, 11) is 1.73. The van der Waals surface area contributed by atoms with Gasteiger partial charge in [0.05, 0.1) is 6.61 Å². The maximum absolute atomic E-state index is 6.17. The van der Waals surface area contributed by atoms with Gasteiger partial charge in [0.25, 0.3) is 0 Å². The van der Waals surface area contributed by atoms with Gasteiger partial charge in [-0.25, -0.2) is 0 Å². The summed E-state index contributed by atoms with van der Waals surface area (Å²) >= 11 is 0. The molecule has 0 aromatic heterocycles. The van der Waals surface area contributed by atoms with Gasteiger partial charge in [-0.15, -0.1) is 0 Å². The average Bonchev–Trinajstić information content (AvgIpc) is 2.91. The third kappa shape index (κ3) is 2.56. The van der Waals surface area contributed by atoms with Crippen LogP contribution in [0, 0.1) is 0 Å². The van der Waals surface area contributed by atoms with E-state index in [0.29, 0.717) is 6.61 Å². The first kappa shape index (κ1) is 15.2. The molecule has 0 amide bonds. The molecule has 0 radical (unpaired) electrons. The minimum atomic E-state index is -0.684. The lowest BCUT2D eigenvalue weighted by Crippen LogP contribution is -2.44. The Bertz CT molecular complexity index is 568. The summed E-state index contributed by atoms with van der Waals surface area (Å²) in [4.78, 5) is 0. The van der Waals surface area contributed by atoms with Crippen LogP contribution >= 0.6 is 0 Å². The fourth-order valence-corrected chi connectivity index (χ4v) is 3.16. The zero-order valence-electron chi connectivity index (χ0n) is 13.3. The van der Waals surface area contributed by atoms with Gasteiger partial charge >= 0.3 is 0 Å².